The summed E-state index contributed by atoms with van der Waals surface area (Å²) in [6.45, 7) is 0.0349. The molecule has 1 aromatic carbocycles. The lowest BCUT2D eigenvalue weighted by atomic mass is 10.1. The van der Waals surface area contributed by atoms with Crippen molar-refractivity contribution in [3.8, 4) is 11.4 Å². The molecule has 0 atom stereocenters. The van der Waals surface area contributed by atoms with Crippen molar-refractivity contribution in [2.45, 2.75) is 12.7 Å². The van der Waals surface area contributed by atoms with Gasteiger partial charge in [-0.2, -0.15) is 18.2 Å². The van der Waals surface area contributed by atoms with Crippen LogP contribution in [0.4, 0.5) is 13.2 Å². The van der Waals surface area contributed by atoms with Crippen molar-refractivity contribution in [3.63, 3.8) is 0 Å². The fraction of sp³-hybridized carbons (Fsp3) is 0.200. The second-order valence-electron chi connectivity index (χ2n) is 3.44. The number of halogens is 4. The van der Waals surface area contributed by atoms with Gasteiger partial charge in [0.1, 0.15) is 0 Å². The Kier molecular flexibility index (Phi) is 3.40. The SMILES string of the molecule is NCc1nc(-c2cc(Br)cc(C(F)(F)F)c2)no1. The number of rotatable bonds is 2. The molecule has 8 heteroatoms. The van der Waals surface area contributed by atoms with E-state index in [0.29, 0.717) is 0 Å². The summed E-state index contributed by atoms with van der Waals surface area (Å²) in [7, 11) is 0. The number of alkyl halides is 3. The van der Waals surface area contributed by atoms with Gasteiger partial charge in [0.05, 0.1) is 12.1 Å². The lowest BCUT2D eigenvalue weighted by Gasteiger charge is -2.08. The molecule has 0 saturated carbocycles. The van der Waals surface area contributed by atoms with Crippen LogP contribution in [-0.4, -0.2) is 10.1 Å². The molecule has 2 aromatic rings. The number of nitrogens with two attached hydrogens (primary N) is 1. The Morgan fingerprint density at radius 2 is 2.00 bits per heavy atom. The molecule has 18 heavy (non-hydrogen) atoms. The molecule has 96 valence electrons. The van der Waals surface area contributed by atoms with Gasteiger partial charge in [0, 0.05) is 10.0 Å². The Morgan fingerprint density at radius 1 is 1.28 bits per heavy atom. The minimum atomic E-state index is -4.43. The molecule has 2 N–H and O–H groups in total. The van der Waals surface area contributed by atoms with E-state index >= 15 is 0 Å². The maximum atomic E-state index is 12.6. The highest BCUT2D eigenvalue weighted by atomic mass is 79.9. The molecule has 0 saturated heterocycles. The molecule has 0 aliphatic heterocycles. The lowest BCUT2D eigenvalue weighted by molar-refractivity contribution is -0.137. The molecule has 0 aliphatic rings. The molecule has 0 aliphatic carbocycles. The van der Waals surface area contributed by atoms with Crippen molar-refractivity contribution in [1.29, 1.82) is 0 Å². The van der Waals surface area contributed by atoms with E-state index in [-0.39, 0.29) is 28.3 Å². The van der Waals surface area contributed by atoms with Crippen molar-refractivity contribution >= 4 is 15.9 Å². The van der Waals surface area contributed by atoms with Crippen LogP contribution in [0.3, 0.4) is 0 Å². The van der Waals surface area contributed by atoms with Gasteiger partial charge in [-0.25, -0.2) is 0 Å². The van der Waals surface area contributed by atoms with E-state index in [9.17, 15) is 13.2 Å². The summed E-state index contributed by atoms with van der Waals surface area (Å²) in [5.41, 5.74) is 4.71. The first-order valence-electron chi connectivity index (χ1n) is 4.81. The van der Waals surface area contributed by atoms with Crippen LogP contribution in [0.2, 0.25) is 0 Å². The van der Waals surface area contributed by atoms with Crippen LogP contribution < -0.4 is 5.73 Å². The Bertz CT molecular complexity index is 568. The zero-order chi connectivity index (χ0) is 13.3. The summed E-state index contributed by atoms with van der Waals surface area (Å²) in [6, 6.07) is 3.41. The van der Waals surface area contributed by atoms with Crippen LogP contribution in [0.25, 0.3) is 11.4 Å². The van der Waals surface area contributed by atoms with Crippen molar-refractivity contribution in [1.82, 2.24) is 10.1 Å². The first-order valence-corrected chi connectivity index (χ1v) is 5.60. The molecule has 0 bridgehead atoms. The van der Waals surface area contributed by atoms with Crippen molar-refractivity contribution in [3.05, 3.63) is 34.1 Å². The zero-order valence-corrected chi connectivity index (χ0v) is 10.4. The average Bonchev–Trinajstić information content (AvgIpc) is 2.75. The quantitative estimate of drug-likeness (QED) is 0.923. The third-order valence-corrected chi connectivity index (χ3v) is 2.58. The van der Waals surface area contributed by atoms with Gasteiger partial charge in [0.2, 0.25) is 11.7 Å². The van der Waals surface area contributed by atoms with Crippen molar-refractivity contribution in [2.75, 3.05) is 0 Å². The maximum absolute atomic E-state index is 12.6. The Labute approximate surface area is 108 Å². The van der Waals surface area contributed by atoms with Gasteiger partial charge in [0.25, 0.3) is 0 Å². The Morgan fingerprint density at radius 3 is 2.56 bits per heavy atom. The fourth-order valence-electron chi connectivity index (χ4n) is 1.34. The third kappa shape index (κ3) is 2.70. The van der Waals surface area contributed by atoms with Crippen LogP contribution in [0.15, 0.2) is 27.2 Å². The molecule has 1 aromatic heterocycles. The number of nitrogens with zero attached hydrogens (tertiary/aromatic N) is 2. The standard InChI is InChI=1S/C10H7BrF3N3O/c11-7-2-5(1-6(3-7)10(12,13)14)9-16-8(4-15)18-17-9/h1-3H,4,15H2. The molecule has 0 unspecified atom stereocenters. The van der Waals surface area contributed by atoms with E-state index in [1.54, 1.807) is 0 Å². The maximum Gasteiger partial charge on any atom is 0.416 e. The summed E-state index contributed by atoms with van der Waals surface area (Å²) in [4.78, 5) is 3.87. The van der Waals surface area contributed by atoms with Crippen molar-refractivity contribution in [2.24, 2.45) is 5.73 Å². The summed E-state index contributed by atoms with van der Waals surface area (Å²) < 4.78 is 42.9. The van der Waals surface area contributed by atoms with Gasteiger partial charge >= 0.3 is 6.18 Å². The number of hydrogen-bond acceptors (Lipinski definition) is 4. The smallest absolute Gasteiger partial charge is 0.338 e. The number of benzene rings is 1. The fourth-order valence-corrected chi connectivity index (χ4v) is 1.83. The van der Waals surface area contributed by atoms with Crippen LogP contribution in [0.1, 0.15) is 11.5 Å². The minimum absolute atomic E-state index is 0.0349. The lowest BCUT2D eigenvalue weighted by Crippen LogP contribution is -2.05. The highest BCUT2D eigenvalue weighted by Crippen LogP contribution is 2.34. The molecule has 1 heterocycles. The highest BCUT2D eigenvalue weighted by molar-refractivity contribution is 9.10. The normalized spacial score (nSPS) is 11.8. The Balaban J connectivity index is 2.48. The second kappa shape index (κ2) is 4.69. The molecule has 0 amide bonds. The van der Waals surface area contributed by atoms with Gasteiger partial charge in [-0.05, 0) is 18.2 Å². The minimum Gasteiger partial charge on any atom is -0.338 e. The predicted octanol–water partition coefficient (Wildman–Crippen LogP) is 2.98. The summed E-state index contributed by atoms with van der Waals surface area (Å²) >= 11 is 3.02. The van der Waals surface area contributed by atoms with Crippen LogP contribution in [0, 0.1) is 0 Å². The van der Waals surface area contributed by atoms with Gasteiger partial charge in [-0.3, -0.25) is 0 Å². The van der Waals surface area contributed by atoms with E-state index in [4.69, 9.17) is 10.3 Å². The van der Waals surface area contributed by atoms with Gasteiger partial charge in [0.15, 0.2) is 0 Å². The Hall–Kier alpha value is -1.41. The van der Waals surface area contributed by atoms with Gasteiger partial charge in [-0.1, -0.05) is 21.1 Å². The third-order valence-electron chi connectivity index (χ3n) is 2.13. The van der Waals surface area contributed by atoms with E-state index in [0.717, 1.165) is 12.1 Å². The molecular formula is C10H7BrF3N3O. The number of hydrogen-bond donors (Lipinski definition) is 1. The predicted molar refractivity (Wildman–Crippen MR) is 60.3 cm³/mol. The van der Waals surface area contributed by atoms with Crippen LogP contribution in [-0.2, 0) is 12.7 Å². The molecule has 2 rings (SSSR count). The molecule has 0 spiro atoms. The average molecular weight is 322 g/mol. The topological polar surface area (TPSA) is 64.9 Å². The van der Waals surface area contributed by atoms with Crippen LogP contribution in [0.5, 0.6) is 0 Å². The number of aromatic nitrogens is 2. The van der Waals surface area contributed by atoms with E-state index in [1.807, 2.05) is 0 Å². The summed E-state index contributed by atoms with van der Waals surface area (Å²) in [5.74, 6) is 0.237. The first-order chi connectivity index (χ1) is 8.40. The summed E-state index contributed by atoms with van der Waals surface area (Å²) in [5, 5.41) is 3.57. The van der Waals surface area contributed by atoms with Crippen LogP contribution >= 0.6 is 15.9 Å². The second-order valence-corrected chi connectivity index (χ2v) is 4.36. The van der Waals surface area contributed by atoms with E-state index in [1.165, 1.54) is 6.07 Å². The highest BCUT2D eigenvalue weighted by Gasteiger charge is 2.31. The zero-order valence-electron chi connectivity index (χ0n) is 8.83. The van der Waals surface area contributed by atoms with Gasteiger partial charge < -0.3 is 10.3 Å². The molecule has 0 fully saturated rings. The van der Waals surface area contributed by atoms with Crippen molar-refractivity contribution < 1.29 is 17.7 Å². The monoisotopic (exact) mass is 321 g/mol. The van der Waals surface area contributed by atoms with E-state index in [2.05, 4.69) is 26.1 Å². The van der Waals surface area contributed by atoms with E-state index < -0.39 is 11.7 Å². The van der Waals surface area contributed by atoms with Gasteiger partial charge in [-0.15, -0.1) is 0 Å². The first kappa shape index (κ1) is 13.0. The molecule has 0 radical (unpaired) electrons. The molecule has 4 nitrogen and oxygen atoms in total. The molecular weight excluding hydrogens is 315 g/mol. The summed E-state index contributed by atoms with van der Waals surface area (Å²) in [6.07, 6.45) is -4.43. The largest absolute Gasteiger partial charge is 0.416 e.